The van der Waals surface area contributed by atoms with Crippen LogP contribution in [0.5, 0.6) is 5.88 Å². The van der Waals surface area contributed by atoms with Crippen molar-refractivity contribution < 1.29 is 9.47 Å². The molecule has 6 nitrogen and oxygen atoms in total. The van der Waals surface area contributed by atoms with E-state index in [0.717, 1.165) is 25.2 Å². The normalized spacial score (nSPS) is 27.5. The monoisotopic (exact) mass is 298 g/mol. The van der Waals surface area contributed by atoms with Crippen LogP contribution in [-0.2, 0) is 4.74 Å². The maximum atomic E-state index is 6.03. The summed E-state index contributed by atoms with van der Waals surface area (Å²) in [6.45, 7) is 1.54. The first kappa shape index (κ1) is 13.5. The topological polar surface area (TPSA) is 60.4 Å². The van der Waals surface area contributed by atoms with E-state index in [9.17, 15) is 0 Å². The first-order valence-corrected chi connectivity index (χ1v) is 7.64. The number of ether oxygens (including phenoxy) is 2. The van der Waals surface area contributed by atoms with E-state index in [-0.39, 0.29) is 12.2 Å². The van der Waals surface area contributed by atoms with Gasteiger partial charge >= 0.3 is 0 Å². The lowest BCUT2D eigenvalue weighted by atomic mass is 10.1. The molecule has 1 saturated heterocycles. The van der Waals surface area contributed by atoms with E-state index in [2.05, 4.69) is 19.9 Å². The Kier molecular flexibility index (Phi) is 3.60. The average Bonchev–Trinajstić information content (AvgIpc) is 3.00. The maximum Gasteiger partial charge on any atom is 0.213 e. The van der Waals surface area contributed by atoms with Crippen molar-refractivity contribution in [2.45, 2.75) is 31.1 Å². The molecule has 0 bridgehead atoms. The van der Waals surface area contributed by atoms with Crippen LogP contribution in [0.25, 0.3) is 0 Å². The minimum atomic E-state index is 0.0459. The van der Waals surface area contributed by atoms with E-state index in [4.69, 9.17) is 9.47 Å². The lowest BCUT2D eigenvalue weighted by molar-refractivity contribution is -0.0320. The Morgan fingerprint density at radius 2 is 2.14 bits per heavy atom. The van der Waals surface area contributed by atoms with Crippen LogP contribution >= 0.6 is 0 Å². The number of pyridine rings is 1. The molecule has 6 heteroatoms. The van der Waals surface area contributed by atoms with Gasteiger partial charge in [-0.15, -0.1) is 0 Å². The number of aromatic nitrogens is 3. The van der Waals surface area contributed by atoms with Gasteiger partial charge in [0, 0.05) is 25.0 Å². The van der Waals surface area contributed by atoms with Crippen molar-refractivity contribution in [2.24, 2.45) is 0 Å². The van der Waals surface area contributed by atoms with Crippen molar-refractivity contribution in [1.82, 2.24) is 15.0 Å². The smallest absolute Gasteiger partial charge is 0.213 e. The van der Waals surface area contributed by atoms with Gasteiger partial charge in [0.1, 0.15) is 24.4 Å². The summed E-state index contributed by atoms with van der Waals surface area (Å²) in [5.41, 5.74) is 0. The van der Waals surface area contributed by atoms with Crippen molar-refractivity contribution in [1.29, 1.82) is 0 Å². The van der Waals surface area contributed by atoms with Crippen LogP contribution in [0, 0.1) is 0 Å². The molecule has 2 aromatic heterocycles. The molecule has 4 rings (SSSR count). The highest BCUT2D eigenvalue weighted by Crippen LogP contribution is 2.34. The summed E-state index contributed by atoms with van der Waals surface area (Å²) in [5, 5.41) is 0. The summed E-state index contributed by atoms with van der Waals surface area (Å²) in [7, 11) is 0. The van der Waals surface area contributed by atoms with Gasteiger partial charge in [0.05, 0.1) is 12.6 Å². The molecule has 1 aliphatic heterocycles. The van der Waals surface area contributed by atoms with Gasteiger partial charge in [0.25, 0.3) is 0 Å². The van der Waals surface area contributed by atoms with Crippen molar-refractivity contribution in [3.8, 4) is 5.88 Å². The molecule has 3 atom stereocenters. The first-order valence-electron chi connectivity index (χ1n) is 7.64. The molecule has 0 radical (unpaired) electrons. The highest BCUT2D eigenvalue weighted by molar-refractivity contribution is 5.40. The number of anilines is 1. The first-order chi connectivity index (χ1) is 10.9. The molecule has 2 fully saturated rings. The van der Waals surface area contributed by atoms with E-state index in [1.54, 1.807) is 18.7 Å². The molecule has 2 aromatic rings. The second-order valence-corrected chi connectivity index (χ2v) is 5.57. The number of nitrogens with zero attached hydrogens (tertiary/aromatic N) is 4. The summed E-state index contributed by atoms with van der Waals surface area (Å²) in [6.07, 6.45) is 7.23. The minimum Gasteiger partial charge on any atom is -0.471 e. The lowest BCUT2D eigenvalue weighted by Gasteiger charge is -2.39. The van der Waals surface area contributed by atoms with Crippen LogP contribution in [-0.4, -0.2) is 46.4 Å². The molecule has 0 unspecified atom stereocenters. The minimum absolute atomic E-state index is 0.0459. The predicted octanol–water partition coefficient (Wildman–Crippen LogP) is 1.69. The molecule has 1 saturated carbocycles. The quantitative estimate of drug-likeness (QED) is 0.859. The zero-order valence-electron chi connectivity index (χ0n) is 12.2. The molecule has 0 aromatic carbocycles. The summed E-state index contributed by atoms with van der Waals surface area (Å²) in [4.78, 5) is 14.9. The van der Waals surface area contributed by atoms with Crippen molar-refractivity contribution in [3.63, 3.8) is 0 Å². The summed E-state index contributed by atoms with van der Waals surface area (Å²) < 4.78 is 12.0. The Balaban J connectivity index is 1.51. The van der Waals surface area contributed by atoms with Gasteiger partial charge in [0.2, 0.25) is 5.88 Å². The molecular formula is C16H18N4O2. The highest BCUT2D eigenvalue weighted by atomic mass is 16.5. The van der Waals surface area contributed by atoms with Crippen molar-refractivity contribution in [3.05, 3.63) is 43.0 Å². The highest BCUT2D eigenvalue weighted by Gasteiger charge is 2.44. The average molecular weight is 298 g/mol. The predicted molar refractivity (Wildman–Crippen MR) is 80.8 cm³/mol. The van der Waals surface area contributed by atoms with Crippen molar-refractivity contribution >= 4 is 5.82 Å². The molecule has 114 valence electrons. The number of fused-ring (bicyclic) bond motifs is 1. The second-order valence-electron chi connectivity index (χ2n) is 5.57. The van der Waals surface area contributed by atoms with Gasteiger partial charge in [-0.05, 0) is 25.0 Å². The van der Waals surface area contributed by atoms with Crippen LogP contribution in [0.1, 0.15) is 12.8 Å². The summed E-state index contributed by atoms with van der Waals surface area (Å²) in [6, 6.07) is 7.97. The van der Waals surface area contributed by atoms with E-state index in [1.165, 1.54) is 0 Å². The number of hydrogen-bond donors (Lipinski definition) is 0. The standard InChI is InChI=1S/C16H18N4O2/c1-2-7-18-15(3-1)22-13-5-4-12-16(13)21-10-9-20(12)14-6-8-17-11-19-14/h1-3,6-8,11-13,16H,4-5,9-10H2/t12-,13+,16-/m1/s1. The van der Waals surface area contributed by atoms with Gasteiger partial charge in [-0.2, -0.15) is 0 Å². The fourth-order valence-corrected chi connectivity index (χ4v) is 3.35. The summed E-state index contributed by atoms with van der Waals surface area (Å²) >= 11 is 0. The molecule has 3 heterocycles. The number of hydrogen-bond acceptors (Lipinski definition) is 6. The Bertz CT molecular complexity index is 610. The Labute approximate surface area is 129 Å². The zero-order valence-corrected chi connectivity index (χ0v) is 12.2. The number of rotatable bonds is 3. The number of morpholine rings is 1. The van der Waals surface area contributed by atoms with E-state index in [0.29, 0.717) is 18.5 Å². The van der Waals surface area contributed by atoms with Crippen LogP contribution in [0.4, 0.5) is 5.82 Å². The van der Waals surface area contributed by atoms with Gasteiger partial charge < -0.3 is 14.4 Å². The third kappa shape index (κ3) is 2.50. The molecule has 22 heavy (non-hydrogen) atoms. The van der Waals surface area contributed by atoms with Gasteiger partial charge in [-0.3, -0.25) is 0 Å². The van der Waals surface area contributed by atoms with Gasteiger partial charge in [-0.25, -0.2) is 15.0 Å². The van der Waals surface area contributed by atoms with Crippen LogP contribution < -0.4 is 9.64 Å². The Morgan fingerprint density at radius 1 is 1.14 bits per heavy atom. The van der Waals surface area contributed by atoms with E-state index >= 15 is 0 Å². The Hall–Kier alpha value is -2.21. The molecule has 2 aliphatic rings. The van der Waals surface area contributed by atoms with Crippen LogP contribution in [0.3, 0.4) is 0 Å². The van der Waals surface area contributed by atoms with Crippen LogP contribution in [0.15, 0.2) is 43.0 Å². The molecule has 0 amide bonds. The molecular weight excluding hydrogens is 280 g/mol. The molecule has 1 aliphatic carbocycles. The van der Waals surface area contributed by atoms with E-state index in [1.807, 2.05) is 24.3 Å². The fraction of sp³-hybridized carbons (Fsp3) is 0.438. The second kappa shape index (κ2) is 5.88. The van der Waals surface area contributed by atoms with Crippen LogP contribution in [0.2, 0.25) is 0 Å². The Morgan fingerprint density at radius 3 is 2.95 bits per heavy atom. The zero-order chi connectivity index (χ0) is 14.8. The molecule has 0 N–H and O–H groups in total. The van der Waals surface area contributed by atoms with Crippen molar-refractivity contribution in [2.75, 3.05) is 18.1 Å². The summed E-state index contributed by atoms with van der Waals surface area (Å²) in [5.74, 6) is 1.63. The van der Waals surface area contributed by atoms with Gasteiger partial charge in [0.15, 0.2) is 0 Å². The SMILES string of the molecule is c1ccc(O[C@H]2CC[C@@H]3[C@H]2OCCN3c2ccncn2)nc1. The maximum absolute atomic E-state index is 6.03. The molecule has 0 spiro atoms. The van der Waals surface area contributed by atoms with E-state index < -0.39 is 0 Å². The third-order valence-corrected chi connectivity index (χ3v) is 4.31. The van der Waals surface area contributed by atoms with Gasteiger partial charge in [-0.1, -0.05) is 6.07 Å². The lowest BCUT2D eigenvalue weighted by Crippen LogP contribution is -2.52. The largest absolute Gasteiger partial charge is 0.471 e. The fourth-order valence-electron chi connectivity index (χ4n) is 3.35. The third-order valence-electron chi connectivity index (χ3n) is 4.31.